The summed E-state index contributed by atoms with van der Waals surface area (Å²) in [7, 11) is 0. The minimum absolute atomic E-state index is 1.10. The number of pyridine rings is 1. The first-order chi connectivity index (χ1) is 10.4. The number of aryl methyl sites for hydroxylation is 1. The number of hydrogen-bond acceptors (Lipinski definition) is 5. The molecule has 0 bridgehead atoms. The summed E-state index contributed by atoms with van der Waals surface area (Å²) in [5.41, 5.74) is 1.22. The van der Waals surface area contributed by atoms with E-state index in [1.165, 1.54) is 58.1 Å². The summed E-state index contributed by atoms with van der Waals surface area (Å²) in [5.74, 6) is 10.3. The number of rotatable bonds is 14. The van der Waals surface area contributed by atoms with Gasteiger partial charge >= 0.3 is 0 Å². The van der Waals surface area contributed by atoms with Crippen LogP contribution in [0.2, 0.25) is 0 Å². The van der Waals surface area contributed by atoms with Crippen molar-refractivity contribution in [2.75, 3.05) is 46.0 Å². The molecule has 1 rings (SSSR count). The topological polar surface area (TPSA) is 12.9 Å². The lowest BCUT2D eigenvalue weighted by atomic mass is 10.3. The van der Waals surface area contributed by atoms with E-state index >= 15 is 0 Å². The van der Waals surface area contributed by atoms with Crippen LogP contribution in [0, 0.1) is 0 Å². The molecule has 5 heteroatoms. The Kier molecular flexibility index (Phi) is 14.4. The zero-order valence-corrected chi connectivity index (χ0v) is 16.2. The van der Waals surface area contributed by atoms with E-state index in [-0.39, 0.29) is 0 Å². The molecular formula is C16H27NS4. The SMILES string of the molecule is CCSCCSCCCSCCSCCc1ccccn1. The minimum atomic E-state index is 1.10. The molecular weight excluding hydrogens is 334 g/mol. The summed E-state index contributed by atoms with van der Waals surface area (Å²) < 4.78 is 0. The van der Waals surface area contributed by atoms with Crippen molar-refractivity contribution >= 4 is 47.0 Å². The second-order valence-corrected chi connectivity index (χ2v) is 9.53. The highest BCUT2D eigenvalue weighted by Crippen LogP contribution is 2.12. The van der Waals surface area contributed by atoms with Gasteiger partial charge in [-0.1, -0.05) is 13.0 Å². The fourth-order valence-corrected chi connectivity index (χ4v) is 5.69. The smallest absolute Gasteiger partial charge is 0.0411 e. The molecule has 1 nitrogen and oxygen atoms in total. The molecule has 0 aliphatic heterocycles. The first-order valence-corrected chi connectivity index (χ1v) is 12.3. The lowest BCUT2D eigenvalue weighted by Gasteiger charge is -2.03. The van der Waals surface area contributed by atoms with Crippen molar-refractivity contribution in [3.05, 3.63) is 30.1 Å². The largest absolute Gasteiger partial charge is 0.261 e. The summed E-state index contributed by atoms with van der Waals surface area (Å²) in [6.07, 6.45) is 4.35. The summed E-state index contributed by atoms with van der Waals surface area (Å²) in [6, 6.07) is 6.17. The van der Waals surface area contributed by atoms with Crippen LogP contribution in [0.5, 0.6) is 0 Å². The summed E-state index contributed by atoms with van der Waals surface area (Å²) in [5, 5.41) is 0. The Morgan fingerprint density at radius 2 is 1.48 bits per heavy atom. The summed E-state index contributed by atoms with van der Waals surface area (Å²) >= 11 is 8.34. The first kappa shape index (κ1) is 19.6. The molecule has 0 saturated heterocycles. The van der Waals surface area contributed by atoms with Gasteiger partial charge in [0.1, 0.15) is 0 Å². The molecule has 0 saturated carbocycles. The van der Waals surface area contributed by atoms with Crippen LogP contribution in [0.1, 0.15) is 19.0 Å². The van der Waals surface area contributed by atoms with Crippen molar-refractivity contribution in [3.63, 3.8) is 0 Å². The predicted molar refractivity (Wildman–Crippen MR) is 108 cm³/mol. The molecule has 1 heterocycles. The first-order valence-electron chi connectivity index (χ1n) is 7.64. The molecule has 0 aliphatic carbocycles. The Bertz CT molecular complexity index is 321. The lowest BCUT2D eigenvalue weighted by Crippen LogP contribution is -1.95. The summed E-state index contributed by atoms with van der Waals surface area (Å²) in [4.78, 5) is 4.35. The van der Waals surface area contributed by atoms with Gasteiger partial charge in [0.15, 0.2) is 0 Å². The van der Waals surface area contributed by atoms with E-state index in [0.29, 0.717) is 0 Å². The maximum absolute atomic E-state index is 4.35. The standard InChI is InChI=1S/C16H27NS4/c1-2-18-12-13-19-9-5-10-20-14-15-21-11-7-16-6-3-4-8-17-16/h3-4,6,8H,2,5,7,9-15H2,1H3. The van der Waals surface area contributed by atoms with Crippen LogP contribution in [-0.2, 0) is 6.42 Å². The van der Waals surface area contributed by atoms with Crippen molar-refractivity contribution in [3.8, 4) is 0 Å². The van der Waals surface area contributed by atoms with Gasteiger partial charge in [-0.3, -0.25) is 4.98 Å². The highest BCUT2D eigenvalue weighted by molar-refractivity contribution is 8.03. The van der Waals surface area contributed by atoms with Gasteiger partial charge in [-0.05, 0) is 48.0 Å². The van der Waals surface area contributed by atoms with Crippen molar-refractivity contribution in [1.29, 1.82) is 0 Å². The average molecular weight is 362 g/mol. The van der Waals surface area contributed by atoms with E-state index in [1.54, 1.807) is 0 Å². The third kappa shape index (κ3) is 12.8. The number of thioether (sulfide) groups is 4. The van der Waals surface area contributed by atoms with E-state index < -0.39 is 0 Å². The van der Waals surface area contributed by atoms with Gasteiger partial charge in [-0.25, -0.2) is 0 Å². The van der Waals surface area contributed by atoms with E-state index in [2.05, 4.69) is 71.1 Å². The number of aromatic nitrogens is 1. The number of nitrogens with zero attached hydrogens (tertiary/aromatic N) is 1. The molecule has 0 radical (unpaired) electrons. The minimum Gasteiger partial charge on any atom is -0.261 e. The van der Waals surface area contributed by atoms with Crippen LogP contribution in [0.4, 0.5) is 0 Å². The fourth-order valence-electron chi connectivity index (χ4n) is 1.67. The third-order valence-electron chi connectivity index (χ3n) is 2.75. The maximum Gasteiger partial charge on any atom is 0.0411 e. The highest BCUT2D eigenvalue weighted by atomic mass is 32.2. The van der Waals surface area contributed by atoms with Gasteiger partial charge in [0.05, 0.1) is 0 Å². The molecule has 0 spiro atoms. The predicted octanol–water partition coefficient (Wildman–Crippen LogP) is 4.97. The van der Waals surface area contributed by atoms with Gasteiger partial charge in [-0.15, -0.1) is 0 Å². The van der Waals surface area contributed by atoms with Crippen LogP contribution in [-0.4, -0.2) is 51.0 Å². The van der Waals surface area contributed by atoms with Crippen LogP contribution >= 0.6 is 47.0 Å². The van der Waals surface area contributed by atoms with E-state index in [0.717, 1.165) is 6.42 Å². The fraction of sp³-hybridized carbons (Fsp3) is 0.688. The molecule has 21 heavy (non-hydrogen) atoms. The van der Waals surface area contributed by atoms with Gasteiger partial charge in [0.25, 0.3) is 0 Å². The summed E-state index contributed by atoms with van der Waals surface area (Å²) in [6.45, 7) is 2.24. The van der Waals surface area contributed by atoms with Gasteiger partial charge in [0, 0.05) is 34.9 Å². The lowest BCUT2D eigenvalue weighted by molar-refractivity contribution is 1.05. The zero-order chi connectivity index (χ0) is 15.0. The van der Waals surface area contributed by atoms with Gasteiger partial charge < -0.3 is 0 Å². The van der Waals surface area contributed by atoms with Crippen LogP contribution in [0.3, 0.4) is 0 Å². The van der Waals surface area contributed by atoms with Crippen LogP contribution in [0.25, 0.3) is 0 Å². The van der Waals surface area contributed by atoms with Crippen molar-refractivity contribution in [1.82, 2.24) is 4.98 Å². The quantitative estimate of drug-likeness (QED) is 0.433. The Hall–Kier alpha value is 0.550. The average Bonchev–Trinajstić information content (AvgIpc) is 2.53. The monoisotopic (exact) mass is 361 g/mol. The Morgan fingerprint density at radius 3 is 2.10 bits per heavy atom. The molecule has 0 N–H and O–H groups in total. The third-order valence-corrected chi connectivity index (χ3v) is 7.30. The Labute approximate surface area is 147 Å². The Balaban J connectivity index is 1.75. The van der Waals surface area contributed by atoms with E-state index in [1.807, 2.05) is 12.3 Å². The highest BCUT2D eigenvalue weighted by Gasteiger charge is 1.95. The maximum atomic E-state index is 4.35. The van der Waals surface area contributed by atoms with Crippen molar-refractivity contribution in [2.24, 2.45) is 0 Å². The molecule has 0 atom stereocenters. The molecule has 0 aliphatic rings. The van der Waals surface area contributed by atoms with Crippen molar-refractivity contribution in [2.45, 2.75) is 19.8 Å². The van der Waals surface area contributed by atoms with E-state index in [9.17, 15) is 0 Å². The second-order valence-electron chi connectivity index (χ2n) is 4.46. The van der Waals surface area contributed by atoms with Gasteiger partial charge in [-0.2, -0.15) is 47.0 Å². The molecule has 0 unspecified atom stereocenters. The Morgan fingerprint density at radius 1 is 0.810 bits per heavy atom. The molecule has 1 aromatic rings. The molecule has 120 valence electrons. The molecule has 0 fully saturated rings. The molecule has 0 aromatic carbocycles. The van der Waals surface area contributed by atoms with E-state index in [4.69, 9.17) is 0 Å². The number of hydrogen-bond donors (Lipinski definition) is 0. The normalized spacial score (nSPS) is 10.9. The molecule has 0 amide bonds. The van der Waals surface area contributed by atoms with Crippen LogP contribution in [0.15, 0.2) is 24.4 Å². The zero-order valence-electron chi connectivity index (χ0n) is 13.0. The van der Waals surface area contributed by atoms with Gasteiger partial charge in [0.2, 0.25) is 0 Å². The van der Waals surface area contributed by atoms with Crippen molar-refractivity contribution < 1.29 is 0 Å². The van der Waals surface area contributed by atoms with Crippen LogP contribution < -0.4 is 0 Å². The molecule has 1 aromatic heterocycles. The second kappa shape index (κ2) is 15.4.